The number of nitrogens with zero attached hydrogens (tertiary/aromatic N) is 4. The third kappa shape index (κ3) is 4.35. The number of hydrogen-bond acceptors (Lipinski definition) is 8. The summed E-state index contributed by atoms with van der Waals surface area (Å²) >= 11 is 1.25. The van der Waals surface area contributed by atoms with Crippen molar-refractivity contribution in [1.29, 1.82) is 0 Å². The maximum absolute atomic E-state index is 12.7. The van der Waals surface area contributed by atoms with Gasteiger partial charge in [-0.15, -0.1) is 10.2 Å². The van der Waals surface area contributed by atoms with Gasteiger partial charge in [-0.05, 0) is 42.8 Å². The highest BCUT2D eigenvalue weighted by molar-refractivity contribution is 8.00. The van der Waals surface area contributed by atoms with Crippen molar-refractivity contribution in [1.82, 2.24) is 20.2 Å². The Hall–Kier alpha value is -3.46. The van der Waals surface area contributed by atoms with Gasteiger partial charge in [0.1, 0.15) is 5.69 Å². The number of carbonyl (C=O) groups is 1. The van der Waals surface area contributed by atoms with Gasteiger partial charge in [0.05, 0.1) is 17.8 Å². The first-order valence-corrected chi connectivity index (χ1v) is 9.82. The van der Waals surface area contributed by atoms with E-state index in [0.29, 0.717) is 40.2 Å². The monoisotopic (exact) mass is 407 g/mol. The fourth-order valence-electron chi connectivity index (χ4n) is 2.63. The maximum atomic E-state index is 12.7. The van der Waals surface area contributed by atoms with Gasteiger partial charge in [-0.2, -0.15) is 0 Å². The number of hydrogen-bond donors (Lipinski definition) is 1. The molecule has 0 aromatic carbocycles. The normalized spacial score (nSPS) is 11.9. The van der Waals surface area contributed by atoms with E-state index in [2.05, 4.69) is 25.5 Å². The third-order valence-corrected chi connectivity index (χ3v) is 5.25. The van der Waals surface area contributed by atoms with Gasteiger partial charge in [-0.25, -0.2) is 4.98 Å². The quantitative estimate of drug-likeness (QED) is 0.452. The molecule has 0 aliphatic rings. The molecule has 29 heavy (non-hydrogen) atoms. The molecule has 1 atom stereocenters. The summed E-state index contributed by atoms with van der Waals surface area (Å²) in [5, 5.41) is 11.3. The largest absolute Gasteiger partial charge is 0.463 e. The lowest BCUT2D eigenvalue weighted by atomic mass is 10.2. The first-order valence-electron chi connectivity index (χ1n) is 8.94. The van der Waals surface area contributed by atoms with E-state index in [1.54, 1.807) is 61.3 Å². The molecule has 1 amide bonds. The van der Waals surface area contributed by atoms with Gasteiger partial charge < -0.3 is 14.2 Å². The molecular weight excluding hydrogens is 390 g/mol. The molecule has 0 saturated heterocycles. The van der Waals surface area contributed by atoms with Gasteiger partial charge in [0.15, 0.2) is 17.2 Å². The minimum Gasteiger partial charge on any atom is -0.463 e. The van der Waals surface area contributed by atoms with Crippen LogP contribution in [0.2, 0.25) is 0 Å². The van der Waals surface area contributed by atoms with E-state index in [9.17, 15) is 4.79 Å². The molecule has 1 N–H and O–H groups in total. The number of nitrogens with one attached hydrogen (secondary N) is 1. The summed E-state index contributed by atoms with van der Waals surface area (Å²) in [6.07, 6.45) is 6.97. The second-order valence-corrected chi connectivity index (χ2v) is 7.16. The fraction of sp³-hybridized carbons (Fsp3) is 0.150. The van der Waals surface area contributed by atoms with E-state index >= 15 is 0 Å². The van der Waals surface area contributed by atoms with Crippen molar-refractivity contribution >= 4 is 23.4 Å². The molecule has 9 heteroatoms. The minimum absolute atomic E-state index is 0.137. The highest BCUT2D eigenvalue weighted by atomic mass is 32.2. The number of aromatic nitrogens is 4. The van der Waals surface area contributed by atoms with Crippen molar-refractivity contribution in [2.45, 2.75) is 23.8 Å². The van der Waals surface area contributed by atoms with E-state index in [1.165, 1.54) is 11.8 Å². The molecule has 0 radical (unpaired) electrons. The van der Waals surface area contributed by atoms with E-state index in [4.69, 9.17) is 8.83 Å². The van der Waals surface area contributed by atoms with Crippen LogP contribution in [0.1, 0.15) is 13.3 Å². The molecule has 146 valence electrons. The van der Waals surface area contributed by atoms with Crippen molar-refractivity contribution in [2.24, 2.45) is 0 Å². The number of rotatable bonds is 7. The van der Waals surface area contributed by atoms with Crippen LogP contribution in [0, 0.1) is 0 Å². The molecule has 4 heterocycles. The van der Waals surface area contributed by atoms with Crippen molar-refractivity contribution in [3.05, 3.63) is 61.3 Å². The average Bonchev–Trinajstić information content (AvgIpc) is 3.46. The van der Waals surface area contributed by atoms with Crippen LogP contribution in [0.15, 0.2) is 75.3 Å². The SMILES string of the molecule is CCC(Sc1nnc(-c2ccco2)c(-c2ccco2)n1)C(=O)Nc1ccncc1. The fourth-order valence-corrected chi connectivity index (χ4v) is 3.45. The molecule has 0 aliphatic carbocycles. The predicted octanol–water partition coefficient (Wildman–Crippen LogP) is 4.30. The zero-order valence-corrected chi connectivity index (χ0v) is 16.3. The number of carbonyl (C=O) groups excluding carboxylic acids is 1. The van der Waals surface area contributed by atoms with E-state index in [-0.39, 0.29) is 11.2 Å². The van der Waals surface area contributed by atoms with Gasteiger partial charge in [0.25, 0.3) is 0 Å². The first kappa shape index (κ1) is 18.9. The zero-order valence-electron chi connectivity index (χ0n) is 15.5. The lowest BCUT2D eigenvalue weighted by molar-refractivity contribution is -0.115. The summed E-state index contributed by atoms with van der Waals surface area (Å²) < 4.78 is 10.9. The Balaban J connectivity index is 1.59. The van der Waals surface area contributed by atoms with Crippen LogP contribution in [-0.4, -0.2) is 31.3 Å². The maximum Gasteiger partial charge on any atom is 0.237 e. The summed E-state index contributed by atoms with van der Waals surface area (Å²) in [5.41, 5.74) is 1.67. The molecule has 0 saturated carbocycles. The summed E-state index contributed by atoms with van der Waals surface area (Å²) in [5.74, 6) is 0.944. The number of amides is 1. The van der Waals surface area contributed by atoms with Crippen molar-refractivity contribution in [2.75, 3.05) is 5.32 Å². The Morgan fingerprint density at radius 3 is 2.34 bits per heavy atom. The Morgan fingerprint density at radius 2 is 1.72 bits per heavy atom. The van der Waals surface area contributed by atoms with Crippen molar-refractivity contribution < 1.29 is 13.6 Å². The summed E-state index contributed by atoms with van der Waals surface area (Å²) in [7, 11) is 0. The average molecular weight is 407 g/mol. The minimum atomic E-state index is -0.385. The summed E-state index contributed by atoms with van der Waals surface area (Å²) in [6, 6.07) is 10.6. The Morgan fingerprint density at radius 1 is 1.03 bits per heavy atom. The van der Waals surface area contributed by atoms with Crippen LogP contribution in [0.3, 0.4) is 0 Å². The molecule has 4 aromatic heterocycles. The number of thioether (sulfide) groups is 1. The van der Waals surface area contributed by atoms with E-state index in [0.717, 1.165) is 0 Å². The van der Waals surface area contributed by atoms with Gasteiger partial charge >= 0.3 is 0 Å². The highest BCUT2D eigenvalue weighted by Gasteiger charge is 2.23. The summed E-state index contributed by atoms with van der Waals surface area (Å²) in [6.45, 7) is 1.93. The first-order chi connectivity index (χ1) is 14.2. The van der Waals surface area contributed by atoms with Crippen molar-refractivity contribution in [3.8, 4) is 22.9 Å². The Kier molecular flexibility index (Phi) is 5.66. The molecule has 0 spiro atoms. The third-order valence-electron chi connectivity index (χ3n) is 4.04. The molecule has 4 aromatic rings. The highest BCUT2D eigenvalue weighted by Crippen LogP contribution is 2.32. The van der Waals surface area contributed by atoms with Gasteiger partial charge in [-0.1, -0.05) is 18.7 Å². The van der Waals surface area contributed by atoms with Gasteiger partial charge in [-0.3, -0.25) is 9.78 Å². The molecule has 0 bridgehead atoms. The molecule has 1 unspecified atom stereocenters. The molecule has 8 nitrogen and oxygen atoms in total. The smallest absolute Gasteiger partial charge is 0.237 e. The Labute approximate surface area is 170 Å². The second-order valence-electron chi connectivity index (χ2n) is 5.99. The van der Waals surface area contributed by atoms with Crippen LogP contribution >= 0.6 is 11.8 Å². The zero-order chi connectivity index (χ0) is 20.1. The van der Waals surface area contributed by atoms with Crippen molar-refractivity contribution in [3.63, 3.8) is 0 Å². The molecule has 0 fully saturated rings. The van der Waals surface area contributed by atoms with Crippen LogP contribution in [0.4, 0.5) is 5.69 Å². The van der Waals surface area contributed by atoms with E-state index in [1.807, 2.05) is 6.92 Å². The molecule has 4 rings (SSSR count). The van der Waals surface area contributed by atoms with E-state index < -0.39 is 0 Å². The summed E-state index contributed by atoms with van der Waals surface area (Å²) in [4.78, 5) is 21.2. The predicted molar refractivity (Wildman–Crippen MR) is 108 cm³/mol. The molecular formula is C20H17N5O3S. The number of anilines is 1. The van der Waals surface area contributed by atoms with Gasteiger partial charge in [0.2, 0.25) is 11.1 Å². The van der Waals surface area contributed by atoms with Crippen LogP contribution in [0.5, 0.6) is 0 Å². The number of pyridine rings is 1. The molecule has 0 aliphatic heterocycles. The van der Waals surface area contributed by atoms with Crippen LogP contribution in [-0.2, 0) is 4.79 Å². The lowest BCUT2D eigenvalue weighted by Gasteiger charge is -2.14. The second kappa shape index (κ2) is 8.70. The van der Waals surface area contributed by atoms with Crippen LogP contribution in [0.25, 0.3) is 22.9 Å². The number of furan rings is 2. The standard InChI is InChI=1S/C20H17N5O3S/c1-2-16(19(26)22-13-7-9-21-10-8-13)29-20-23-17(14-5-3-11-27-14)18(24-25-20)15-6-4-12-28-15/h3-12,16H,2H2,1H3,(H,21,22,26). The Bertz CT molecular complexity index is 1070. The lowest BCUT2D eigenvalue weighted by Crippen LogP contribution is -2.25. The van der Waals surface area contributed by atoms with Gasteiger partial charge in [0, 0.05) is 18.1 Å². The van der Waals surface area contributed by atoms with Crippen LogP contribution < -0.4 is 5.32 Å². The topological polar surface area (TPSA) is 107 Å².